The summed E-state index contributed by atoms with van der Waals surface area (Å²) in [4.78, 5) is 2.82. The van der Waals surface area contributed by atoms with Gasteiger partial charge in [0.05, 0.1) is 11.6 Å². The number of fused-ring (bicyclic) bond motifs is 1. The number of nitrogens with zero attached hydrogens (tertiary/aromatic N) is 5. The van der Waals surface area contributed by atoms with Gasteiger partial charge in [0, 0.05) is 31.4 Å². The SMILES string of the molecule is CCN(CC)S(=O)(=O)c1ccc2nn(CN(C3CCCC3)C3CC3)c(=S)n2c1. The molecule has 0 atom stereocenters. The van der Waals surface area contributed by atoms with E-state index in [1.165, 1.54) is 42.8 Å². The first-order chi connectivity index (χ1) is 13.5. The zero-order chi connectivity index (χ0) is 19.9. The highest BCUT2D eigenvalue weighted by Gasteiger charge is 2.35. The average molecular weight is 424 g/mol. The standard InChI is InChI=1S/C19H29N5O2S2/c1-3-21(4-2)28(25,26)17-11-12-18-20-24(19(27)22(18)13-17)14-23(16-9-10-16)15-7-5-6-8-15/h11-13,15-16H,3-10,14H2,1-2H3. The molecular weight excluding hydrogens is 394 g/mol. The van der Waals surface area contributed by atoms with E-state index in [0.29, 0.717) is 42.3 Å². The van der Waals surface area contributed by atoms with Crippen molar-refractivity contribution in [3.63, 3.8) is 0 Å². The molecule has 2 aliphatic carbocycles. The van der Waals surface area contributed by atoms with E-state index >= 15 is 0 Å². The third kappa shape index (κ3) is 3.65. The predicted molar refractivity (Wildman–Crippen MR) is 111 cm³/mol. The third-order valence-electron chi connectivity index (χ3n) is 6.00. The molecule has 0 unspecified atom stereocenters. The summed E-state index contributed by atoms with van der Waals surface area (Å²) in [5.74, 6) is 0. The van der Waals surface area contributed by atoms with Crippen molar-refractivity contribution in [2.24, 2.45) is 0 Å². The Bertz CT molecular complexity index is 999. The molecule has 0 spiro atoms. The van der Waals surface area contributed by atoms with E-state index in [2.05, 4.69) is 10.00 Å². The summed E-state index contributed by atoms with van der Waals surface area (Å²) in [5.41, 5.74) is 0.686. The number of hydrogen-bond donors (Lipinski definition) is 0. The van der Waals surface area contributed by atoms with Crippen LogP contribution in [0.3, 0.4) is 0 Å². The maximum atomic E-state index is 12.8. The molecule has 0 amide bonds. The molecule has 28 heavy (non-hydrogen) atoms. The Morgan fingerprint density at radius 2 is 1.75 bits per heavy atom. The molecule has 0 saturated heterocycles. The van der Waals surface area contributed by atoms with Gasteiger partial charge in [0.15, 0.2) is 5.65 Å². The number of hydrogen-bond acceptors (Lipinski definition) is 5. The lowest BCUT2D eigenvalue weighted by atomic mass is 10.2. The van der Waals surface area contributed by atoms with Gasteiger partial charge >= 0.3 is 0 Å². The fourth-order valence-corrected chi connectivity index (χ4v) is 5.98. The Hall–Kier alpha value is -1.29. The van der Waals surface area contributed by atoms with Crippen LogP contribution >= 0.6 is 12.2 Å². The van der Waals surface area contributed by atoms with Gasteiger partial charge in [-0.2, -0.15) is 9.40 Å². The van der Waals surface area contributed by atoms with Crippen LogP contribution < -0.4 is 0 Å². The number of aromatic nitrogens is 3. The third-order valence-corrected chi connectivity index (χ3v) is 8.44. The molecule has 0 radical (unpaired) electrons. The number of pyridine rings is 1. The quantitative estimate of drug-likeness (QED) is 0.610. The Labute approximate surface area is 172 Å². The summed E-state index contributed by atoms with van der Waals surface area (Å²) in [6.07, 6.45) is 9.24. The molecule has 0 aromatic carbocycles. The zero-order valence-electron chi connectivity index (χ0n) is 16.6. The molecule has 2 fully saturated rings. The second-order valence-corrected chi connectivity index (χ2v) is 10.1. The maximum absolute atomic E-state index is 12.8. The normalized spacial score (nSPS) is 18.7. The Kier molecular flexibility index (Phi) is 5.61. The summed E-state index contributed by atoms with van der Waals surface area (Å²) < 4.78 is 31.3. The molecule has 0 bridgehead atoms. The molecular formula is C19H29N5O2S2. The Balaban J connectivity index is 1.66. The van der Waals surface area contributed by atoms with Gasteiger partial charge in [-0.1, -0.05) is 26.7 Å². The van der Waals surface area contributed by atoms with Crippen molar-refractivity contribution in [1.82, 2.24) is 23.4 Å². The van der Waals surface area contributed by atoms with Gasteiger partial charge in [0.25, 0.3) is 0 Å². The summed E-state index contributed by atoms with van der Waals surface area (Å²) in [6.45, 7) is 5.27. The first kappa shape index (κ1) is 20.0. The van der Waals surface area contributed by atoms with E-state index in [-0.39, 0.29) is 4.90 Å². The van der Waals surface area contributed by atoms with Gasteiger partial charge < -0.3 is 0 Å². The molecule has 0 N–H and O–H groups in total. The second-order valence-electron chi connectivity index (χ2n) is 7.79. The van der Waals surface area contributed by atoms with Crippen LogP contribution in [-0.2, 0) is 16.7 Å². The molecule has 2 aromatic rings. The van der Waals surface area contributed by atoms with Crippen LogP contribution in [-0.4, -0.2) is 57.0 Å². The number of sulfonamides is 1. The smallest absolute Gasteiger partial charge is 0.244 e. The van der Waals surface area contributed by atoms with Crippen LogP contribution in [0.4, 0.5) is 0 Å². The van der Waals surface area contributed by atoms with Crippen molar-refractivity contribution in [3.05, 3.63) is 23.1 Å². The van der Waals surface area contributed by atoms with Crippen LogP contribution in [0.1, 0.15) is 52.4 Å². The van der Waals surface area contributed by atoms with E-state index in [0.717, 1.165) is 0 Å². The summed E-state index contributed by atoms with van der Waals surface area (Å²) in [6, 6.07) is 4.65. The Morgan fingerprint density at radius 3 is 2.36 bits per heavy atom. The predicted octanol–water partition coefficient (Wildman–Crippen LogP) is 3.26. The molecule has 2 aliphatic rings. The van der Waals surface area contributed by atoms with Gasteiger partial charge in [-0.25, -0.2) is 13.1 Å². The van der Waals surface area contributed by atoms with Crippen molar-refractivity contribution in [3.8, 4) is 0 Å². The minimum Gasteiger partial charge on any atom is -0.278 e. The molecule has 2 heterocycles. The van der Waals surface area contributed by atoms with Crippen LogP contribution in [0, 0.1) is 4.77 Å². The fraction of sp³-hybridized carbons (Fsp3) is 0.684. The van der Waals surface area contributed by atoms with E-state index in [9.17, 15) is 8.42 Å². The molecule has 154 valence electrons. The minimum absolute atomic E-state index is 0.259. The summed E-state index contributed by atoms with van der Waals surface area (Å²) in [7, 11) is -3.52. The minimum atomic E-state index is -3.52. The van der Waals surface area contributed by atoms with Crippen LogP contribution in [0.2, 0.25) is 0 Å². The Morgan fingerprint density at radius 1 is 1.11 bits per heavy atom. The fourth-order valence-electron chi connectivity index (χ4n) is 4.28. The lowest BCUT2D eigenvalue weighted by Crippen LogP contribution is -2.37. The largest absolute Gasteiger partial charge is 0.278 e. The van der Waals surface area contributed by atoms with Crippen LogP contribution in [0.5, 0.6) is 0 Å². The highest BCUT2D eigenvalue weighted by atomic mass is 32.2. The highest BCUT2D eigenvalue weighted by Crippen LogP contribution is 2.34. The molecule has 9 heteroatoms. The van der Waals surface area contributed by atoms with Crippen molar-refractivity contribution < 1.29 is 8.42 Å². The van der Waals surface area contributed by atoms with Gasteiger partial charge in [-0.15, -0.1) is 0 Å². The van der Waals surface area contributed by atoms with Crippen molar-refractivity contribution >= 4 is 27.9 Å². The van der Waals surface area contributed by atoms with E-state index in [4.69, 9.17) is 12.2 Å². The maximum Gasteiger partial charge on any atom is 0.244 e. The van der Waals surface area contributed by atoms with E-state index in [1.807, 2.05) is 18.5 Å². The first-order valence-electron chi connectivity index (χ1n) is 10.3. The number of rotatable bonds is 8. The average Bonchev–Trinajstić information content (AvgIpc) is 3.28. The van der Waals surface area contributed by atoms with Gasteiger partial charge in [-0.3, -0.25) is 9.30 Å². The zero-order valence-corrected chi connectivity index (χ0v) is 18.3. The van der Waals surface area contributed by atoms with Crippen molar-refractivity contribution in [2.45, 2.75) is 76.0 Å². The molecule has 4 rings (SSSR count). The van der Waals surface area contributed by atoms with Crippen molar-refractivity contribution in [1.29, 1.82) is 0 Å². The highest BCUT2D eigenvalue weighted by molar-refractivity contribution is 7.89. The van der Waals surface area contributed by atoms with E-state index < -0.39 is 10.0 Å². The molecule has 0 aliphatic heterocycles. The van der Waals surface area contributed by atoms with Crippen LogP contribution in [0.25, 0.3) is 5.65 Å². The van der Waals surface area contributed by atoms with Gasteiger partial charge in [-0.05, 0) is 50.0 Å². The molecule has 7 nitrogen and oxygen atoms in total. The molecule has 2 saturated carbocycles. The lowest BCUT2D eigenvalue weighted by Gasteiger charge is -2.28. The second kappa shape index (κ2) is 7.85. The lowest BCUT2D eigenvalue weighted by molar-refractivity contribution is 0.134. The topological polar surface area (TPSA) is 62.9 Å². The first-order valence-corrected chi connectivity index (χ1v) is 12.2. The molecule has 2 aromatic heterocycles. The van der Waals surface area contributed by atoms with Gasteiger partial charge in [0.2, 0.25) is 14.8 Å². The van der Waals surface area contributed by atoms with Crippen LogP contribution in [0.15, 0.2) is 23.2 Å². The van der Waals surface area contributed by atoms with E-state index in [1.54, 1.807) is 22.7 Å². The monoisotopic (exact) mass is 423 g/mol. The summed E-state index contributed by atoms with van der Waals surface area (Å²) >= 11 is 5.66. The van der Waals surface area contributed by atoms with Crippen molar-refractivity contribution in [2.75, 3.05) is 13.1 Å². The van der Waals surface area contributed by atoms with Gasteiger partial charge in [0.1, 0.15) is 0 Å². The summed E-state index contributed by atoms with van der Waals surface area (Å²) in [5, 5.41) is 4.67.